The molecule has 1 N–H and O–H groups in total. The van der Waals surface area contributed by atoms with Crippen LogP contribution in [-0.4, -0.2) is 60.2 Å². The zero-order chi connectivity index (χ0) is 19.7. The maximum absolute atomic E-state index is 13.3. The van der Waals surface area contributed by atoms with Crippen molar-refractivity contribution >= 4 is 22.5 Å². The molecule has 2 aromatic heterocycles. The summed E-state index contributed by atoms with van der Waals surface area (Å²) in [4.78, 5) is 25.1. The Morgan fingerprint density at radius 2 is 2.14 bits per heavy atom. The minimum absolute atomic E-state index is 0.0432. The molecule has 0 bridgehead atoms. The van der Waals surface area contributed by atoms with Gasteiger partial charge in [-0.15, -0.1) is 0 Å². The van der Waals surface area contributed by atoms with E-state index < -0.39 is 0 Å². The Morgan fingerprint density at radius 1 is 1.17 bits per heavy atom. The summed E-state index contributed by atoms with van der Waals surface area (Å²) in [5.74, 6) is 0.115. The summed E-state index contributed by atoms with van der Waals surface area (Å²) >= 11 is 0. The minimum atomic E-state index is -0.0432. The van der Waals surface area contributed by atoms with Gasteiger partial charge in [0, 0.05) is 60.5 Å². The third-order valence-corrected chi connectivity index (χ3v) is 6.20. The number of nitrogens with one attached hydrogen (secondary N) is 1. The lowest BCUT2D eigenvalue weighted by molar-refractivity contribution is 0.0135. The van der Waals surface area contributed by atoms with E-state index in [2.05, 4.69) is 20.9 Å². The van der Waals surface area contributed by atoms with Gasteiger partial charge in [-0.05, 0) is 49.2 Å². The van der Waals surface area contributed by atoms with Crippen LogP contribution in [0.15, 0.2) is 55.0 Å². The molecular formula is C23H26N4O2. The van der Waals surface area contributed by atoms with Gasteiger partial charge in [-0.25, -0.2) is 0 Å². The van der Waals surface area contributed by atoms with Crippen LogP contribution in [0.3, 0.4) is 0 Å². The highest BCUT2D eigenvalue weighted by Crippen LogP contribution is 2.35. The fourth-order valence-corrected chi connectivity index (χ4v) is 4.75. The number of anilines is 1. The van der Waals surface area contributed by atoms with Gasteiger partial charge in [0.25, 0.3) is 5.91 Å². The fourth-order valence-electron chi connectivity index (χ4n) is 4.75. The lowest BCUT2D eigenvalue weighted by Gasteiger charge is -2.44. The number of fused-ring (bicyclic) bond motifs is 1. The van der Waals surface area contributed by atoms with Crippen LogP contribution in [0.4, 0.5) is 5.69 Å². The van der Waals surface area contributed by atoms with Crippen LogP contribution in [0.25, 0.3) is 10.9 Å². The molecule has 0 unspecified atom stereocenters. The van der Waals surface area contributed by atoms with Gasteiger partial charge < -0.3 is 19.5 Å². The van der Waals surface area contributed by atoms with Gasteiger partial charge in [0.2, 0.25) is 0 Å². The van der Waals surface area contributed by atoms with Crippen LogP contribution in [0.5, 0.6) is 0 Å². The molecule has 0 saturated carbocycles. The maximum Gasteiger partial charge on any atom is 0.253 e. The van der Waals surface area contributed by atoms with E-state index >= 15 is 0 Å². The molecule has 1 spiro atoms. The number of rotatable bonds is 2. The molecule has 1 amide bonds. The Balaban J connectivity index is 1.37. The highest BCUT2D eigenvalue weighted by Gasteiger charge is 2.40. The first kappa shape index (κ1) is 18.2. The molecule has 5 rings (SSSR count). The molecule has 0 radical (unpaired) electrons. The Morgan fingerprint density at radius 3 is 3.03 bits per heavy atom. The highest BCUT2D eigenvalue weighted by molar-refractivity contribution is 5.98. The van der Waals surface area contributed by atoms with Crippen LogP contribution in [0.2, 0.25) is 0 Å². The molecule has 2 fully saturated rings. The monoisotopic (exact) mass is 390 g/mol. The summed E-state index contributed by atoms with van der Waals surface area (Å²) in [6, 6.07) is 12.0. The first-order valence-electron chi connectivity index (χ1n) is 10.3. The van der Waals surface area contributed by atoms with Gasteiger partial charge in [-0.3, -0.25) is 9.78 Å². The number of amides is 1. The Kier molecular flexibility index (Phi) is 4.72. The van der Waals surface area contributed by atoms with E-state index in [0.29, 0.717) is 13.2 Å². The standard InChI is InChI=1S/C23H26N4O2/c28-22(19-4-5-21-18(13-19)6-9-25-21)27-10-2-7-23(16-27)15-26(11-12-29-17-23)20-3-1-8-24-14-20/h1,3-6,8-9,13-14,25H,2,7,10-12,15-17H2/t23-/m1/s1. The fraction of sp³-hybridized carbons (Fsp3) is 0.391. The second-order valence-electron chi connectivity index (χ2n) is 8.30. The highest BCUT2D eigenvalue weighted by atomic mass is 16.5. The van der Waals surface area contributed by atoms with Gasteiger partial charge >= 0.3 is 0 Å². The first-order valence-corrected chi connectivity index (χ1v) is 10.3. The molecule has 1 atom stereocenters. The zero-order valence-electron chi connectivity index (χ0n) is 16.5. The molecular weight excluding hydrogens is 364 g/mol. The van der Waals surface area contributed by atoms with Gasteiger partial charge in [-0.1, -0.05) is 0 Å². The van der Waals surface area contributed by atoms with Crippen LogP contribution in [0.1, 0.15) is 23.2 Å². The van der Waals surface area contributed by atoms with Crippen molar-refractivity contribution in [2.75, 3.05) is 44.3 Å². The largest absolute Gasteiger partial charge is 0.379 e. The van der Waals surface area contributed by atoms with E-state index in [4.69, 9.17) is 4.74 Å². The van der Waals surface area contributed by atoms with Gasteiger partial charge in [0.1, 0.15) is 0 Å². The average molecular weight is 390 g/mol. The topological polar surface area (TPSA) is 61.5 Å². The summed E-state index contributed by atoms with van der Waals surface area (Å²) in [7, 11) is 0. The number of H-pyrrole nitrogens is 1. The number of piperidine rings is 1. The van der Waals surface area contributed by atoms with Crippen molar-refractivity contribution in [1.82, 2.24) is 14.9 Å². The van der Waals surface area contributed by atoms with Crippen molar-refractivity contribution in [3.8, 4) is 0 Å². The van der Waals surface area contributed by atoms with Gasteiger partial charge in [-0.2, -0.15) is 0 Å². The predicted molar refractivity (Wildman–Crippen MR) is 113 cm³/mol. The number of likely N-dealkylation sites (tertiary alicyclic amines) is 1. The van der Waals surface area contributed by atoms with Crippen molar-refractivity contribution in [3.05, 3.63) is 60.6 Å². The maximum atomic E-state index is 13.3. The summed E-state index contributed by atoms with van der Waals surface area (Å²) in [5.41, 5.74) is 2.89. The second-order valence-corrected chi connectivity index (χ2v) is 8.30. The number of hydrogen-bond acceptors (Lipinski definition) is 4. The number of benzene rings is 1. The quantitative estimate of drug-likeness (QED) is 0.729. The first-order chi connectivity index (χ1) is 14.2. The van der Waals surface area contributed by atoms with Crippen molar-refractivity contribution in [1.29, 1.82) is 0 Å². The van der Waals surface area contributed by atoms with E-state index in [1.165, 1.54) is 0 Å². The molecule has 6 nitrogen and oxygen atoms in total. The Labute approximate surface area is 170 Å². The number of carbonyl (C=O) groups is 1. The molecule has 4 heterocycles. The molecule has 3 aromatic rings. The Bertz CT molecular complexity index is 1000. The van der Waals surface area contributed by atoms with E-state index in [9.17, 15) is 4.79 Å². The molecule has 29 heavy (non-hydrogen) atoms. The van der Waals surface area contributed by atoms with Gasteiger partial charge in [0.15, 0.2) is 0 Å². The normalized spacial score (nSPS) is 22.8. The van der Waals surface area contributed by atoms with E-state index in [1.54, 1.807) is 6.20 Å². The van der Waals surface area contributed by atoms with E-state index in [0.717, 1.165) is 61.2 Å². The number of aromatic amines is 1. The Hall–Kier alpha value is -2.86. The summed E-state index contributed by atoms with van der Waals surface area (Å²) in [6.45, 7) is 4.68. The number of ether oxygens (including phenoxy) is 1. The smallest absolute Gasteiger partial charge is 0.253 e. The summed E-state index contributed by atoms with van der Waals surface area (Å²) < 4.78 is 6.02. The SMILES string of the molecule is O=C(c1ccc2[nH]ccc2c1)N1CCC[C@]2(COCCN(c3cccnc3)C2)C1. The molecule has 6 heteroatoms. The lowest BCUT2D eigenvalue weighted by Crippen LogP contribution is -2.52. The van der Waals surface area contributed by atoms with Crippen molar-refractivity contribution in [2.24, 2.45) is 5.41 Å². The molecule has 0 aliphatic carbocycles. The second kappa shape index (κ2) is 7.52. The zero-order valence-corrected chi connectivity index (χ0v) is 16.5. The molecule has 2 saturated heterocycles. The molecule has 2 aliphatic heterocycles. The van der Waals surface area contributed by atoms with Crippen molar-refractivity contribution in [3.63, 3.8) is 0 Å². The van der Waals surface area contributed by atoms with Crippen LogP contribution in [-0.2, 0) is 4.74 Å². The summed E-state index contributed by atoms with van der Waals surface area (Å²) in [5, 5.41) is 1.07. The molecule has 1 aromatic carbocycles. The van der Waals surface area contributed by atoms with E-state index in [-0.39, 0.29) is 11.3 Å². The lowest BCUT2D eigenvalue weighted by atomic mass is 9.79. The third kappa shape index (κ3) is 3.60. The number of aromatic nitrogens is 2. The number of hydrogen-bond donors (Lipinski definition) is 1. The molecule has 2 aliphatic rings. The van der Waals surface area contributed by atoms with Crippen molar-refractivity contribution < 1.29 is 9.53 Å². The summed E-state index contributed by atoms with van der Waals surface area (Å²) in [6.07, 6.45) is 7.70. The number of pyridine rings is 1. The predicted octanol–water partition coefficient (Wildman–Crippen LogP) is 3.32. The third-order valence-electron chi connectivity index (χ3n) is 6.20. The number of carbonyl (C=O) groups excluding carboxylic acids is 1. The average Bonchev–Trinajstić information content (AvgIpc) is 3.15. The molecule has 150 valence electrons. The van der Waals surface area contributed by atoms with Crippen LogP contribution < -0.4 is 4.90 Å². The van der Waals surface area contributed by atoms with E-state index in [1.807, 2.05) is 47.6 Å². The van der Waals surface area contributed by atoms with Crippen LogP contribution >= 0.6 is 0 Å². The number of nitrogens with zero attached hydrogens (tertiary/aromatic N) is 3. The van der Waals surface area contributed by atoms with Gasteiger partial charge in [0.05, 0.1) is 25.1 Å². The van der Waals surface area contributed by atoms with Crippen molar-refractivity contribution in [2.45, 2.75) is 12.8 Å². The van der Waals surface area contributed by atoms with Crippen LogP contribution in [0, 0.1) is 5.41 Å². The minimum Gasteiger partial charge on any atom is -0.379 e.